The van der Waals surface area contributed by atoms with Crippen molar-refractivity contribution in [3.8, 4) is 0 Å². The second-order valence-electron chi connectivity index (χ2n) is 5.33. The summed E-state index contributed by atoms with van der Waals surface area (Å²) in [6.07, 6.45) is 4.95. The van der Waals surface area contributed by atoms with E-state index in [4.69, 9.17) is 4.18 Å². The maximum atomic E-state index is 12.0. The van der Waals surface area contributed by atoms with E-state index in [2.05, 4.69) is 0 Å². The molecule has 0 unspecified atom stereocenters. The van der Waals surface area contributed by atoms with Crippen LogP contribution in [-0.4, -0.2) is 20.8 Å². The molecule has 1 aromatic rings. The molecule has 4 nitrogen and oxygen atoms in total. The van der Waals surface area contributed by atoms with Crippen molar-refractivity contribution in [2.24, 2.45) is 5.92 Å². The molecule has 0 aliphatic heterocycles. The lowest BCUT2D eigenvalue weighted by Crippen LogP contribution is -2.24. The van der Waals surface area contributed by atoms with Crippen molar-refractivity contribution >= 4 is 15.9 Å². The molecule has 2 rings (SSSR count). The third kappa shape index (κ3) is 3.90. The van der Waals surface area contributed by atoms with Crippen molar-refractivity contribution in [2.45, 2.75) is 43.9 Å². The fourth-order valence-corrected chi connectivity index (χ4v) is 3.33. The highest BCUT2D eigenvalue weighted by molar-refractivity contribution is 7.86. The summed E-state index contributed by atoms with van der Waals surface area (Å²) in [6.45, 7) is 1.53. The van der Waals surface area contributed by atoms with Crippen LogP contribution in [0.15, 0.2) is 29.2 Å². The van der Waals surface area contributed by atoms with Gasteiger partial charge in [-0.3, -0.25) is 8.98 Å². The Morgan fingerprint density at radius 2 is 1.75 bits per heavy atom. The first kappa shape index (κ1) is 15.2. The summed E-state index contributed by atoms with van der Waals surface area (Å²) in [5.41, 5.74) is 0.974. The molecule has 0 heterocycles. The molecule has 0 radical (unpaired) electrons. The van der Waals surface area contributed by atoms with Gasteiger partial charge >= 0.3 is 0 Å². The molecule has 0 N–H and O–H groups in total. The standard InChI is InChI=1S/C15H20O4S/c1-12-7-9-14(10-8-12)20(17,18)19-11-15(16)13-5-3-2-4-6-13/h7-10,13H,2-6,11H2,1H3. The van der Waals surface area contributed by atoms with Gasteiger partial charge in [0.2, 0.25) is 0 Å². The van der Waals surface area contributed by atoms with Crippen LogP contribution >= 0.6 is 0 Å². The highest BCUT2D eigenvalue weighted by atomic mass is 32.2. The molecule has 1 aliphatic carbocycles. The van der Waals surface area contributed by atoms with Gasteiger partial charge in [0.25, 0.3) is 10.1 Å². The summed E-state index contributed by atoms with van der Waals surface area (Å²) in [6, 6.07) is 6.41. The van der Waals surface area contributed by atoms with Crippen molar-refractivity contribution in [1.29, 1.82) is 0 Å². The van der Waals surface area contributed by atoms with E-state index < -0.39 is 10.1 Å². The first-order valence-corrected chi connectivity index (χ1v) is 8.39. The molecule has 1 saturated carbocycles. The molecule has 0 aromatic heterocycles. The Labute approximate surface area is 120 Å². The lowest BCUT2D eigenvalue weighted by atomic mass is 9.86. The molecule has 1 fully saturated rings. The Morgan fingerprint density at radius 1 is 1.15 bits per heavy atom. The minimum atomic E-state index is -3.83. The van der Waals surface area contributed by atoms with Crippen molar-refractivity contribution < 1.29 is 17.4 Å². The second-order valence-corrected chi connectivity index (χ2v) is 6.95. The number of benzene rings is 1. The zero-order valence-corrected chi connectivity index (χ0v) is 12.5. The summed E-state index contributed by atoms with van der Waals surface area (Å²) in [5, 5.41) is 0. The number of Topliss-reactive ketones (excluding diaryl/α,β-unsaturated/α-hetero) is 1. The average Bonchev–Trinajstić information content (AvgIpc) is 2.46. The minimum Gasteiger partial charge on any atom is -0.297 e. The Kier molecular flexibility index (Phi) is 4.94. The molecule has 110 valence electrons. The molecule has 1 aromatic carbocycles. The van der Waals surface area contributed by atoms with Gasteiger partial charge in [-0.15, -0.1) is 0 Å². The fraction of sp³-hybridized carbons (Fsp3) is 0.533. The molecular weight excluding hydrogens is 276 g/mol. The second kappa shape index (κ2) is 6.50. The smallest absolute Gasteiger partial charge is 0.297 e. The number of hydrogen-bond acceptors (Lipinski definition) is 4. The molecule has 0 amide bonds. The van der Waals surface area contributed by atoms with Crippen LogP contribution in [0.1, 0.15) is 37.7 Å². The highest BCUT2D eigenvalue weighted by Gasteiger charge is 2.24. The van der Waals surface area contributed by atoms with E-state index in [-0.39, 0.29) is 23.2 Å². The molecule has 20 heavy (non-hydrogen) atoms. The molecule has 1 aliphatic rings. The molecule has 0 saturated heterocycles. The zero-order valence-electron chi connectivity index (χ0n) is 11.7. The highest BCUT2D eigenvalue weighted by Crippen LogP contribution is 2.24. The van der Waals surface area contributed by atoms with Crippen LogP contribution < -0.4 is 0 Å². The predicted molar refractivity (Wildman–Crippen MR) is 75.9 cm³/mol. The van der Waals surface area contributed by atoms with E-state index in [1.807, 2.05) is 6.92 Å². The van der Waals surface area contributed by atoms with Gasteiger partial charge in [-0.25, -0.2) is 0 Å². The number of carbonyl (C=O) groups is 1. The van der Waals surface area contributed by atoms with E-state index in [0.29, 0.717) is 0 Å². The van der Waals surface area contributed by atoms with Crippen LogP contribution in [0.5, 0.6) is 0 Å². The quantitative estimate of drug-likeness (QED) is 0.784. The van der Waals surface area contributed by atoms with Crippen LogP contribution in [0.2, 0.25) is 0 Å². The fourth-order valence-electron chi connectivity index (χ4n) is 2.45. The first-order valence-electron chi connectivity index (χ1n) is 6.98. The minimum absolute atomic E-state index is 0.0306. The van der Waals surface area contributed by atoms with Crippen LogP contribution in [0, 0.1) is 12.8 Å². The molecule has 0 atom stereocenters. The lowest BCUT2D eigenvalue weighted by molar-refractivity contribution is -0.125. The Bertz CT molecular complexity index is 554. The normalized spacial score (nSPS) is 17.1. The summed E-state index contributed by atoms with van der Waals surface area (Å²) < 4.78 is 28.8. The number of aryl methyl sites for hydroxylation is 1. The molecule has 0 bridgehead atoms. The summed E-state index contributed by atoms with van der Waals surface area (Å²) >= 11 is 0. The molecule has 0 spiro atoms. The number of carbonyl (C=O) groups excluding carboxylic acids is 1. The Morgan fingerprint density at radius 3 is 2.35 bits per heavy atom. The lowest BCUT2D eigenvalue weighted by Gasteiger charge is -2.19. The van der Waals surface area contributed by atoms with Crippen molar-refractivity contribution in [1.82, 2.24) is 0 Å². The van der Waals surface area contributed by atoms with Crippen LogP contribution in [0.4, 0.5) is 0 Å². The predicted octanol–water partition coefficient (Wildman–Crippen LogP) is 2.85. The van der Waals surface area contributed by atoms with Gasteiger partial charge in [0.1, 0.15) is 6.61 Å². The van der Waals surface area contributed by atoms with Crippen molar-refractivity contribution in [3.63, 3.8) is 0 Å². The third-order valence-electron chi connectivity index (χ3n) is 3.73. The van der Waals surface area contributed by atoms with Gasteiger partial charge in [-0.05, 0) is 31.9 Å². The number of rotatable bonds is 5. The van der Waals surface area contributed by atoms with Gasteiger partial charge in [0.05, 0.1) is 4.90 Å². The van der Waals surface area contributed by atoms with E-state index in [1.165, 1.54) is 12.1 Å². The number of hydrogen-bond donors (Lipinski definition) is 0. The Hall–Kier alpha value is -1.20. The average molecular weight is 296 g/mol. The number of ketones is 1. The van der Waals surface area contributed by atoms with Gasteiger partial charge in [-0.2, -0.15) is 8.42 Å². The topological polar surface area (TPSA) is 60.4 Å². The molecule has 5 heteroatoms. The van der Waals surface area contributed by atoms with Crippen LogP contribution in [-0.2, 0) is 19.1 Å². The summed E-state index contributed by atoms with van der Waals surface area (Å²) in [4.78, 5) is 12.0. The van der Waals surface area contributed by atoms with Crippen LogP contribution in [0.25, 0.3) is 0 Å². The van der Waals surface area contributed by atoms with Gasteiger partial charge in [0, 0.05) is 5.92 Å². The zero-order chi connectivity index (χ0) is 14.6. The van der Waals surface area contributed by atoms with E-state index in [0.717, 1.165) is 37.7 Å². The summed E-state index contributed by atoms with van der Waals surface area (Å²) in [7, 11) is -3.83. The SMILES string of the molecule is Cc1ccc(S(=O)(=O)OCC(=O)C2CCCCC2)cc1. The van der Waals surface area contributed by atoms with Crippen molar-refractivity contribution in [2.75, 3.05) is 6.61 Å². The van der Waals surface area contributed by atoms with Gasteiger partial charge < -0.3 is 0 Å². The van der Waals surface area contributed by atoms with E-state index in [9.17, 15) is 13.2 Å². The maximum Gasteiger partial charge on any atom is 0.297 e. The van der Waals surface area contributed by atoms with E-state index in [1.54, 1.807) is 12.1 Å². The van der Waals surface area contributed by atoms with E-state index >= 15 is 0 Å². The maximum absolute atomic E-state index is 12.0. The third-order valence-corrected chi connectivity index (χ3v) is 5.00. The monoisotopic (exact) mass is 296 g/mol. The summed E-state index contributed by atoms with van der Waals surface area (Å²) in [5.74, 6) is -0.127. The van der Waals surface area contributed by atoms with Gasteiger partial charge in [0.15, 0.2) is 5.78 Å². The Balaban J connectivity index is 1.95. The van der Waals surface area contributed by atoms with Crippen molar-refractivity contribution in [3.05, 3.63) is 29.8 Å². The largest absolute Gasteiger partial charge is 0.297 e. The molecular formula is C15H20O4S. The van der Waals surface area contributed by atoms with Crippen LogP contribution in [0.3, 0.4) is 0 Å². The van der Waals surface area contributed by atoms with Gasteiger partial charge in [-0.1, -0.05) is 37.0 Å². The first-order chi connectivity index (χ1) is 9.49.